The van der Waals surface area contributed by atoms with E-state index in [1.165, 1.54) is 11.9 Å². The standard InChI is InChI=1S/C26H24N4O2/c1-18-11-13-20(14-12-18)23-16-24(19-7-4-3-5-8-19)30-26(27-17-28-30)29(23)25(31)21-9-6-10-22(15-21)32-2/h3-15,17,23-24H,16H2,1-2H3/t23-,24+/m0/s1. The fourth-order valence-electron chi connectivity index (χ4n) is 4.35. The van der Waals surface area contributed by atoms with Gasteiger partial charge in [0.25, 0.3) is 5.91 Å². The van der Waals surface area contributed by atoms with E-state index in [9.17, 15) is 4.79 Å². The van der Waals surface area contributed by atoms with Gasteiger partial charge < -0.3 is 4.74 Å². The molecular formula is C26H24N4O2. The number of ether oxygens (including phenoxy) is 1. The maximum atomic E-state index is 13.8. The Balaban J connectivity index is 1.64. The van der Waals surface area contributed by atoms with Crippen LogP contribution in [0.15, 0.2) is 85.2 Å². The van der Waals surface area contributed by atoms with Gasteiger partial charge in [-0.25, -0.2) is 4.68 Å². The van der Waals surface area contributed by atoms with Crippen molar-refractivity contribution in [1.29, 1.82) is 0 Å². The molecule has 0 saturated heterocycles. The average molecular weight is 425 g/mol. The highest BCUT2D eigenvalue weighted by Crippen LogP contribution is 2.42. The van der Waals surface area contributed by atoms with Crippen LogP contribution in [0.1, 0.15) is 45.6 Å². The summed E-state index contributed by atoms with van der Waals surface area (Å²) in [7, 11) is 1.60. The van der Waals surface area contributed by atoms with Crippen molar-refractivity contribution in [2.24, 2.45) is 0 Å². The first kappa shape index (κ1) is 20.0. The lowest BCUT2D eigenvalue weighted by atomic mass is 9.91. The summed E-state index contributed by atoms with van der Waals surface area (Å²) in [5, 5.41) is 4.50. The molecule has 0 N–H and O–H groups in total. The summed E-state index contributed by atoms with van der Waals surface area (Å²) < 4.78 is 7.20. The predicted octanol–water partition coefficient (Wildman–Crippen LogP) is 4.98. The van der Waals surface area contributed by atoms with Gasteiger partial charge in [0.1, 0.15) is 12.1 Å². The third-order valence-electron chi connectivity index (χ3n) is 6.01. The molecule has 0 saturated carbocycles. The maximum Gasteiger partial charge on any atom is 0.261 e. The van der Waals surface area contributed by atoms with Crippen molar-refractivity contribution in [1.82, 2.24) is 14.8 Å². The number of carbonyl (C=O) groups is 1. The SMILES string of the molecule is COc1cccc(C(=O)N2c3ncnn3[C@@H](c3ccccc3)C[C@H]2c2ccc(C)cc2)c1. The predicted molar refractivity (Wildman–Crippen MR) is 123 cm³/mol. The van der Waals surface area contributed by atoms with Gasteiger partial charge >= 0.3 is 0 Å². The molecule has 0 spiro atoms. The van der Waals surface area contributed by atoms with Crippen molar-refractivity contribution in [2.45, 2.75) is 25.4 Å². The third-order valence-corrected chi connectivity index (χ3v) is 6.01. The molecule has 0 aliphatic carbocycles. The molecule has 2 atom stereocenters. The Morgan fingerprint density at radius 3 is 2.44 bits per heavy atom. The Morgan fingerprint density at radius 2 is 1.69 bits per heavy atom. The van der Waals surface area contributed by atoms with Gasteiger partial charge in [-0.15, -0.1) is 0 Å². The Morgan fingerprint density at radius 1 is 0.938 bits per heavy atom. The van der Waals surface area contributed by atoms with E-state index in [1.807, 2.05) is 35.0 Å². The van der Waals surface area contributed by atoms with Crippen LogP contribution in [0.4, 0.5) is 5.95 Å². The number of aromatic nitrogens is 3. The van der Waals surface area contributed by atoms with Gasteiger partial charge in [-0.1, -0.05) is 66.2 Å². The molecule has 3 aromatic carbocycles. The summed E-state index contributed by atoms with van der Waals surface area (Å²) in [5.41, 5.74) is 3.94. The van der Waals surface area contributed by atoms with E-state index in [-0.39, 0.29) is 18.0 Å². The van der Waals surface area contributed by atoms with Gasteiger partial charge in [0, 0.05) is 5.56 Å². The van der Waals surface area contributed by atoms with Gasteiger partial charge in [0.05, 0.1) is 19.2 Å². The van der Waals surface area contributed by atoms with E-state index >= 15 is 0 Å². The van der Waals surface area contributed by atoms with E-state index in [0.717, 1.165) is 11.1 Å². The number of aryl methyl sites for hydroxylation is 1. The highest BCUT2D eigenvalue weighted by Gasteiger charge is 2.39. The van der Waals surface area contributed by atoms with Crippen molar-refractivity contribution >= 4 is 11.9 Å². The van der Waals surface area contributed by atoms with E-state index in [1.54, 1.807) is 24.1 Å². The van der Waals surface area contributed by atoms with Gasteiger partial charge in [-0.3, -0.25) is 9.69 Å². The van der Waals surface area contributed by atoms with Crippen LogP contribution >= 0.6 is 0 Å². The van der Waals surface area contributed by atoms with Crippen LogP contribution in [0.2, 0.25) is 0 Å². The first-order valence-electron chi connectivity index (χ1n) is 10.6. The minimum atomic E-state index is -0.184. The summed E-state index contributed by atoms with van der Waals surface area (Å²) in [6, 6.07) is 25.6. The smallest absolute Gasteiger partial charge is 0.261 e. The van der Waals surface area contributed by atoms with Crippen molar-refractivity contribution in [2.75, 3.05) is 12.0 Å². The van der Waals surface area contributed by atoms with E-state index in [4.69, 9.17) is 4.74 Å². The highest BCUT2D eigenvalue weighted by molar-refractivity contribution is 6.06. The maximum absolute atomic E-state index is 13.8. The number of fused-ring (bicyclic) bond motifs is 1. The molecule has 6 nitrogen and oxygen atoms in total. The summed E-state index contributed by atoms with van der Waals surface area (Å²) in [6.45, 7) is 2.06. The van der Waals surface area contributed by atoms with Gasteiger partial charge in [-0.05, 0) is 42.7 Å². The summed E-state index contributed by atoms with van der Waals surface area (Å²) >= 11 is 0. The van der Waals surface area contributed by atoms with Crippen LogP contribution in [0.3, 0.4) is 0 Å². The molecule has 1 aliphatic rings. The Labute approximate surface area is 187 Å². The Kier molecular flexibility index (Phi) is 5.19. The molecule has 1 amide bonds. The Hall–Kier alpha value is -3.93. The normalized spacial score (nSPS) is 17.6. The number of rotatable bonds is 4. The lowest BCUT2D eigenvalue weighted by Gasteiger charge is -2.39. The molecule has 0 radical (unpaired) electrons. The zero-order valence-corrected chi connectivity index (χ0v) is 18.1. The average Bonchev–Trinajstić information content (AvgIpc) is 3.33. The number of anilines is 1. The lowest BCUT2D eigenvalue weighted by molar-refractivity contribution is 0.0963. The van der Waals surface area contributed by atoms with Gasteiger partial charge in [0.15, 0.2) is 0 Å². The van der Waals surface area contributed by atoms with Crippen molar-refractivity contribution in [3.63, 3.8) is 0 Å². The molecule has 6 heteroatoms. The molecule has 160 valence electrons. The minimum absolute atomic E-state index is 0.0191. The van der Waals surface area contributed by atoms with Crippen LogP contribution in [0.25, 0.3) is 0 Å². The number of methoxy groups -OCH3 is 1. The lowest BCUT2D eigenvalue weighted by Crippen LogP contribution is -2.42. The van der Waals surface area contributed by atoms with Crippen LogP contribution < -0.4 is 9.64 Å². The number of benzene rings is 3. The van der Waals surface area contributed by atoms with Crippen LogP contribution in [-0.4, -0.2) is 27.8 Å². The quantitative estimate of drug-likeness (QED) is 0.464. The molecule has 1 aromatic heterocycles. The largest absolute Gasteiger partial charge is 0.497 e. The second-order valence-corrected chi connectivity index (χ2v) is 8.00. The first-order valence-corrected chi connectivity index (χ1v) is 10.6. The zero-order valence-electron chi connectivity index (χ0n) is 18.1. The fraction of sp³-hybridized carbons (Fsp3) is 0.192. The summed E-state index contributed by atoms with van der Waals surface area (Å²) in [5.74, 6) is 1.06. The van der Waals surface area contributed by atoms with Crippen LogP contribution in [0, 0.1) is 6.92 Å². The number of carbonyl (C=O) groups excluding carboxylic acids is 1. The summed E-state index contributed by atoms with van der Waals surface area (Å²) in [6.07, 6.45) is 2.22. The molecule has 0 unspecified atom stereocenters. The van der Waals surface area contributed by atoms with E-state index in [0.29, 0.717) is 23.7 Å². The third kappa shape index (κ3) is 3.54. The summed E-state index contributed by atoms with van der Waals surface area (Å²) in [4.78, 5) is 20.1. The fourth-order valence-corrected chi connectivity index (χ4v) is 4.35. The molecule has 0 fully saturated rings. The molecular weight excluding hydrogens is 400 g/mol. The van der Waals surface area contributed by atoms with Crippen molar-refractivity contribution < 1.29 is 9.53 Å². The molecule has 32 heavy (non-hydrogen) atoms. The van der Waals surface area contributed by atoms with E-state index < -0.39 is 0 Å². The van der Waals surface area contributed by atoms with Crippen LogP contribution in [0.5, 0.6) is 5.75 Å². The van der Waals surface area contributed by atoms with E-state index in [2.05, 4.69) is 53.4 Å². The van der Waals surface area contributed by atoms with Crippen molar-refractivity contribution in [3.05, 3.63) is 107 Å². The first-order chi connectivity index (χ1) is 15.7. The van der Waals surface area contributed by atoms with Crippen LogP contribution in [-0.2, 0) is 0 Å². The Bertz CT molecular complexity index is 1230. The number of hydrogen-bond donors (Lipinski definition) is 0. The molecule has 2 heterocycles. The zero-order chi connectivity index (χ0) is 22.1. The second kappa shape index (κ2) is 8.30. The second-order valence-electron chi connectivity index (χ2n) is 8.00. The highest BCUT2D eigenvalue weighted by atomic mass is 16.5. The monoisotopic (exact) mass is 424 g/mol. The topological polar surface area (TPSA) is 60.2 Å². The molecule has 5 rings (SSSR count). The van der Waals surface area contributed by atoms with Gasteiger partial charge in [0.2, 0.25) is 5.95 Å². The minimum Gasteiger partial charge on any atom is -0.497 e. The molecule has 0 bridgehead atoms. The number of amides is 1. The number of hydrogen-bond acceptors (Lipinski definition) is 4. The molecule has 4 aromatic rings. The van der Waals surface area contributed by atoms with Gasteiger partial charge in [-0.2, -0.15) is 10.1 Å². The van der Waals surface area contributed by atoms with Crippen molar-refractivity contribution in [3.8, 4) is 5.75 Å². The molecule has 1 aliphatic heterocycles. The number of nitrogens with zero attached hydrogens (tertiary/aromatic N) is 4.